The van der Waals surface area contributed by atoms with Crippen LogP contribution in [0, 0.1) is 4.77 Å². The van der Waals surface area contributed by atoms with Crippen LogP contribution in [0.5, 0.6) is 0 Å². The second-order valence-corrected chi connectivity index (χ2v) is 4.76. The van der Waals surface area contributed by atoms with Gasteiger partial charge in [-0.15, -0.1) is 0 Å². The number of nitrogens with one attached hydrogen (secondary N) is 2. The van der Waals surface area contributed by atoms with Crippen LogP contribution >= 0.6 is 12.2 Å². The quantitative estimate of drug-likeness (QED) is 0.702. The number of benzene rings is 2. The van der Waals surface area contributed by atoms with E-state index in [1.807, 2.05) is 30.4 Å². The Labute approximate surface area is 122 Å². The second kappa shape index (κ2) is 5.67. The van der Waals surface area contributed by atoms with Crippen molar-refractivity contribution >= 4 is 24.4 Å². The summed E-state index contributed by atoms with van der Waals surface area (Å²) in [6.07, 6.45) is 3.89. The number of hydrogen-bond acceptors (Lipinski definition) is 2. The Morgan fingerprint density at radius 1 is 0.800 bits per heavy atom. The predicted octanol–water partition coefficient (Wildman–Crippen LogP) is 4.30. The number of nitrogens with zero attached hydrogens (tertiary/aromatic N) is 1. The molecule has 0 saturated carbocycles. The van der Waals surface area contributed by atoms with E-state index in [1.165, 1.54) is 11.1 Å². The highest BCUT2D eigenvalue weighted by Crippen LogP contribution is 2.19. The highest BCUT2D eigenvalue weighted by atomic mass is 32.1. The Bertz CT molecular complexity index is 767. The van der Waals surface area contributed by atoms with Gasteiger partial charge in [0, 0.05) is 0 Å². The molecule has 20 heavy (non-hydrogen) atoms. The van der Waals surface area contributed by atoms with Gasteiger partial charge in [0.2, 0.25) is 4.77 Å². The van der Waals surface area contributed by atoms with Gasteiger partial charge in [-0.2, -0.15) is 0 Å². The maximum Gasteiger partial charge on any atom is 0.213 e. The summed E-state index contributed by atoms with van der Waals surface area (Å²) < 4.78 is 0.462. The number of H-pyrrole nitrogens is 2. The van der Waals surface area contributed by atoms with Crippen LogP contribution in [-0.2, 0) is 0 Å². The molecule has 0 atom stereocenters. The first-order valence-electron chi connectivity index (χ1n) is 6.29. The van der Waals surface area contributed by atoms with Gasteiger partial charge in [0.15, 0.2) is 0 Å². The van der Waals surface area contributed by atoms with E-state index in [9.17, 15) is 0 Å². The number of hydrogen-bond donors (Lipinski definition) is 2. The lowest BCUT2D eigenvalue weighted by molar-refractivity contribution is 1.07. The Morgan fingerprint density at radius 2 is 1.50 bits per heavy atom. The minimum absolute atomic E-state index is 0.462. The van der Waals surface area contributed by atoms with Crippen molar-refractivity contribution in [2.24, 2.45) is 0 Å². The van der Waals surface area contributed by atoms with Crippen LogP contribution in [0.4, 0.5) is 0 Å². The van der Waals surface area contributed by atoms with Crippen molar-refractivity contribution in [3.05, 3.63) is 70.8 Å². The number of aromatic amines is 2. The average molecular weight is 279 g/mol. The lowest BCUT2D eigenvalue weighted by Crippen LogP contribution is -1.78. The van der Waals surface area contributed by atoms with Crippen molar-refractivity contribution in [3.63, 3.8) is 0 Å². The Morgan fingerprint density at radius 3 is 2.15 bits per heavy atom. The SMILES string of the molecule is S=c1nc(/C=C\c2ccc(-c3ccccc3)cc2)[nH][nH]1. The number of aromatic nitrogens is 3. The summed E-state index contributed by atoms with van der Waals surface area (Å²) in [5.41, 5.74) is 3.55. The molecule has 0 fully saturated rings. The highest BCUT2D eigenvalue weighted by molar-refractivity contribution is 7.71. The molecule has 98 valence electrons. The molecule has 2 aromatic carbocycles. The van der Waals surface area contributed by atoms with E-state index in [4.69, 9.17) is 12.2 Å². The first-order chi connectivity index (χ1) is 9.81. The fourth-order valence-electron chi connectivity index (χ4n) is 1.95. The van der Waals surface area contributed by atoms with Crippen LogP contribution < -0.4 is 0 Å². The summed E-state index contributed by atoms with van der Waals surface area (Å²) in [5, 5.41) is 5.65. The summed E-state index contributed by atoms with van der Waals surface area (Å²) >= 11 is 4.90. The van der Waals surface area contributed by atoms with E-state index >= 15 is 0 Å². The molecular formula is C16H13N3S. The molecule has 3 rings (SSSR count). The molecule has 3 aromatic rings. The minimum atomic E-state index is 0.462. The van der Waals surface area contributed by atoms with Gasteiger partial charge in [-0.1, -0.05) is 60.7 Å². The van der Waals surface area contributed by atoms with E-state index in [1.54, 1.807) is 0 Å². The zero-order valence-electron chi connectivity index (χ0n) is 10.7. The molecule has 0 aliphatic carbocycles. The molecule has 0 bridgehead atoms. The van der Waals surface area contributed by atoms with Crippen molar-refractivity contribution in [1.29, 1.82) is 0 Å². The molecular weight excluding hydrogens is 266 g/mol. The standard InChI is InChI=1S/C16H13N3S/c20-16-17-15(18-19-16)11-8-12-6-9-14(10-7-12)13-4-2-1-3-5-13/h1-11H,(H2,17,18,19,20)/b11-8-. The monoisotopic (exact) mass is 279 g/mol. The fourth-order valence-corrected chi connectivity index (χ4v) is 2.10. The smallest absolute Gasteiger partial charge is 0.213 e. The summed E-state index contributed by atoms with van der Waals surface area (Å²) in [6, 6.07) is 18.7. The minimum Gasteiger partial charge on any atom is -0.282 e. The van der Waals surface area contributed by atoms with Crippen LogP contribution in [0.3, 0.4) is 0 Å². The molecule has 3 nitrogen and oxygen atoms in total. The van der Waals surface area contributed by atoms with Crippen molar-refractivity contribution in [2.45, 2.75) is 0 Å². The zero-order valence-corrected chi connectivity index (χ0v) is 11.5. The van der Waals surface area contributed by atoms with Crippen molar-refractivity contribution in [2.75, 3.05) is 0 Å². The topological polar surface area (TPSA) is 44.5 Å². The fraction of sp³-hybridized carbons (Fsp3) is 0. The van der Waals surface area contributed by atoms with E-state index in [0.717, 1.165) is 11.4 Å². The van der Waals surface area contributed by atoms with Crippen molar-refractivity contribution in [3.8, 4) is 11.1 Å². The normalized spacial score (nSPS) is 11.0. The van der Waals surface area contributed by atoms with Gasteiger partial charge in [0.05, 0.1) is 0 Å². The van der Waals surface area contributed by atoms with Gasteiger partial charge in [0.1, 0.15) is 5.82 Å². The molecule has 1 aromatic heterocycles. The molecule has 0 unspecified atom stereocenters. The maximum atomic E-state index is 4.90. The van der Waals surface area contributed by atoms with E-state index in [2.05, 4.69) is 51.6 Å². The van der Waals surface area contributed by atoms with E-state index in [0.29, 0.717) is 4.77 Å². The molecule has 0 amide bonds. The molecule has 1 heterocycles. The van der Waals surface area contributed by atoms with Gasteiger partial charge in [-0.05, 0) is 35.0 Å². The average Bonchev–Trinajstić information content (AvgIpc) is 2.92. The molecule has 2 N–H and O–H groups in total. The van der Waals surface area contributed by atoms with Crippen LogP contribution in [0.2, 0.25) is 0 Å². The summed E-state index contributed by atoms with van der Waals surface area (Å²) in [4.78, 5) is 4.11. The van der Waals surface area contributed by atoms with Crippen LogP contribution in [0.15, 0.2) is 54.6 Å². The van der Waals surface area contributed by atoms with E-state index < -0.39 is 0 Å². The third kappa shape index (κ3) is 2.92. The molecule has 0 aliphatic rings. The van der Waals surface area contributed by atoms with E-state index in [-0.39, 0.29) is 0 Å². The van der Waals surface area contributed by atoms with Gasteiger partial charge < -0.3 is 0 Å². The summed E-state index contributed by atoms with van der Waals surface area (Å²) in [7, 11) is 0. The first-order valence-corrected chi connectivity index (χ1v) is 6.70. The summed E-state index contributed by atoms with van der Waals surface area (Å²) in [6.45, 7) is 0. The van der Waals surface area contributed by atoms with Gasteiger partial charge >= 0.3 is 0 Å². The largest absolute Gasteiger partial charge is 0.282 e. The molecule has 0 saturated heterocycles. The predicted molar refractivity (Wildman–Crippen MR) is 84.6 cm³/mol. The molecule has 0 radical (unpaired) electrons. The Hall–Kier alpha value is -2.46. The zero-order chi connectivity index (χ0) is 13.8. The first kappa shape index (κ1) is 12.6. The van der Waals surface area contributed by atoms with Crippen molar-refractivity contribution in [1.82, 2.24) is 15.2 Å². The highest BCUT2D eigenvalue weighted by Gasteiger charge is 1.96. The second-order valence-electron chi connectivity index (χ2n) is 4.37. The third-order valence-electron chi connectivity index (χ3n) is 2.97. The summed E-state index contributed by atoms with van der Waals surface area (Å²) in [5.74, 6) is 0.724. The lowest BCUT2D eigenvalue weighted by atomic mass is 10.0. The van der Waals surface area contributed by atoms with Gasteiger partial charge in [-0.3, -0.25) is 10.2 Å². The molecule has 0 aliphatic heterocycles. The Balaban J connectivity index is 1.80. The van der Waals surface area contributed by atoms with Crippen LogP contribution in [0.25, 0.3) is 23.3 Å². The number of rotatable bonds is 3. The van der Waals surface area contributed by atoms with Crippen molar-refractivity contribution < 1.29 is 0 Å². The molecule has 0 spiro atoms. The Kier molecular flexibility index (Phi) is 3.56. The van der Waals surface area contributed by atoms with Gasteiger partial charge in [0.25, 0.3) is 0 Å². The third-order valence-corrected chi connectivity index (χ3v) is 3.16. The molecule has 4 heteroatoms. The van der Waals surface area contributed by atoms with Crippen LogP contribution in [0.1, 0.15) is 11.4 Å². The van der Waals surface area contributed by atoms with Gasteiger partial charge in [-0.25, -0.2) is 4.98 Å². The van der Waals surface area contributed by atoms with Crippen LogP contribution in [-0.4, -0.2) is 15.2 Å². The maximum absolute atomic E-state index is 4.90. The lowest BCUT2D eigenvalue weighted by Gasteiger charge is -2.01.